The molecule has 0 radical (unpaired) electrons. The quantitative estimate of drug-likeness (QED) is 0.814. The van der Waals surface area contributed by atoms with Crippen LogP contribution < -0.4 is 19.1 Å². The Bertz CT molecular complexity index is 926. The predicted molar refractivity (Wildman–Crippen MR) is 116 cm³/mol. The van der Waals surface area contributed by atoms with E-state index in [1.54, 1.807) is 4.90 Å². The van der Waals surface area contributed by atoms with Crippen molar-refractivity contribution in [3.8, 4) is 17.2 Å². The van der Waals surface area contributed by atoms with E-state index < -0.39 is 12.2 Å². The summed E-state index contributed by atoms with van der Waals surface area (Å²) in [6.07, 6.45) is 1.81. The largest absolute Gasteiger partial charge is 0.486 e. The van der Waals surface area contributed by atoms with E-state index in [9.17, 15) is 9.90 Å². The van der Waals surface area contributed by atoms with Crippen LogP contribution in [-0.4, -0.2) is 67.5 Å². The van der Waals surface area contributed by atoms with E-state index in [1.807, 2.05) is 42.5 Å². The number of amides is 1. The highest BCUT2D eigenvalue weighted by Gasteiger charge is 2.33. The lowest BCUT2D eigenvalue weighted by molar-refractivity contribution is -0.0214. The predicted octanol–water partition coefficient (Wildman–Crippen LogP) is 2.71. The van der Waals surface area contributed by atoms with Gasteiger partial charge in [-0.3, -0.25) is 4.79 Å². The van der Waals surface area contributed by atoms with Gasteiger partial charge < -0.3 is 29.1 Å². The number of β-amino-alcohol motifs (C(OH)–C–C–N with tert-alkyl or cyclic N) is 1. The molecule has 2 aromatic rings. The van der Waals surface area contributed by atoms with Crippen molar-refractivity contribution in [2.24, 2.45) is 0 Å². The van der Waals surface area contributed by atoms with Gasteiger partial charge in [0.05, 0.1) is 6.54 Å². The number of fused-ring (bicyclic) bond motifs is 1. The molecule has 0 aromatic heterocycles. The summed E-state index contributed by atoms with van der Waals surface area (Å²) < 4.78 is 17.4. The maximum atomic E-state index is 13.0. The van der Waals surface area contributed by atoms with Crippen LogP contribution in [0.25, 0.3) is 0 Å². The Morgan fingerprint density at radius 3 is 2.55 bits per heavy atom. The Kier molecular flexibility index (Phi) is 5.59. The van der Waals surface area contributed by atoms with Crippen molar-refractivity contribution < 1.29 is 24.1 Å². The third kappa shape index (κ3) is 4.14. The molecule has 3 aliphatic rings. The summed E-state index contributed by atoms with van der Waals surface area (Å²) in [4.78, 5) is 17.0. The first-order valence-corrected chi connectivity index (χ1v) is 11.1. The van der Waals surface area contributed by atoms with E-state index in [1.165, 1.54) is 18.5 Å². The third-order valence-electron chi connectivity index (χ3n) is 6.20. The molecular weight excluding hydrogens is 396 g/mol. The second kappa shape index (κ2) is 8.67. The number of ether oxygens (including phenoxy) is 3. The van der Waals surface area contributed by atoms with Gasteiger partial charge >= 0.3 is 0 Å². The van der Waals surface area contributed by atoms with Crippen LogP contribution in [0, 0.1) is 0 Å². The van der Waals surface area contributed by atoms with E-state index >= 15 is 0 Å². The number of piperidine rings is 1. The number of likely N-dealkylation sites (tertiary alicyclic amines) is 1. The minimum Gasteiger partial charge on any atom is -0.486 e. The van der Waals surface area contributed by atoms with E-state index in [4.69, 9.17) is 14.2 Å². The minimum atomic E-state index is -0.776. The summed E-state index contributed by atoms with van der Waals surface area (Å²) in [6, 6.07) is 13.3. The molecule has 2 fully saturated rings. The average Bonchev–Trinajstić information content (AvgIpc) is 3.35. The number of nitrogens with zero attached hydrogens (tertiary/aromatic N) is 2. The number of aliphatic hydroxyl groups is 1. The maximum absolute atomic E-state index is 13.0. The summed E-state index contributed by atoms with van der Waals surface area (Å²) in [5, 5.41) is 10.7. The lowest BCUT2D eigenvalue weighted by Crippen LogP contribution is -2.51. The second-order valence-electron chi connectivity index (χ2n) is 8.28. The normalized spacial score (nSPS) is 23.0. The molecule has 0 spiro atoms. The molecule has 0 aliphatic carbocycles. The first-order chi connectivity index (χ1) is 15.2. The monoisotopic (exact) mass is 424 g/mol. The van der Waals surface area contributed by atoms with Crippen LogP contribution in [0.2, 0.25) is 0 Å². The zero-order chi connectivity index (χ0) is 21.2. The van der Waals surface area contributed by atoms with Crippen LogP contribution in [0.3, 0.4) is 0 Å². The molecule has 2 aromatic carbocycles. The Labute approximate surface area is 182 Å². The van der Waals surface area contributed by atoms with Crippen molar-refractivity contribution >= 4 is 11.6 Å². The highest BCUT2D eigenvalue weighted by molar-refractivity contribution is 5.94. The molecule has 164 valence electrons. The van der Waals surface area contributed by atoms with Crippen LogP contribution in [0.5, 0.6) is 17.2 Å². The van der Waals surface area contributed by atoms with Crippen LogP contribution in [0.1, 0.15) is 29.6 Å². The fourth-order valence-corrected chi connectivity index (χ4v) is 4.51. The number of carbonyl (C=O) groups is 1. The SMILES string of the molecule is O=C(c1ccc(N2CCCC2)cc1)N1CC[C@@H](Oc2cccc3c2OCCO3)[C@H](O)C1. The zero-order valence-electron chi connectivity index (χ0n) is 17.5. The van der Waals surface area contributed by atoms with Gasteiger partial charge in [0.1, 0.15) is 25.4 Å². The summed E-state index contributed by atoms with van der Waals surface area (Å²) >= 11 is 0. The minimum absolute atomic E-state index is 0.0562. The third-order valence-corrected chi connectivity index (χ3v) is 6.20. The molecular formula is C24H28N2O5. The molecule has 31 heavy (non-hydrogen) atoms. The van der Waals surface area contributed by atoms with E-state index in [2.05, 4.69) is 4.90 Å². The molecule has 3 aliphatic heterocycles. The van der Waals surface area contributed by atoms with Gasteiger partial charge in [-0.15, -0.1) is 0 Å². The fourth-order valence-electron chi connectivity index (χ4n) is 4.51. The fraction of sp³-hybridized carbons (Fsp3) is 0.458. The van der Waals surface area contributed by atoms with Gasteiger partial charge in [0.25, 0.3) is 5.91 Å². The molecule has 7 heteroatoms. The summed E-state index contributed by atoms with van der Waals surface area (Å²) in [7, 11) is 0. The smallest absolute Gasteiger partial charge is 0.253 e. The number of para-hydroxylation sites is 1. The van der Waals surface area contributed by atoms with Crippen LogP contribution >= 0.6 is 0 Å². The molecule has 2 atom stereocenters. The number of aliphatic hydroxyl groups excluding tert-OH is 1. The Hall–Kier alpha value is -2.93. The van der Waals surface area contributed by atoms with Gasteiger partial charge in [-0.25, -0.2) is 0 Å². The molecule has 1 amide bonds. The summed E-state index contributed by atoms with van der Waals surface area (Å²) in [5.41, 5.74) is 1.82. The van der Waals surface area contributed by atoms with Crippen LogP contribution in [0.15, 0.2) is 42.5 Å². The topological polar surface area (TPSA) is 71.5 Å². The van der Waals surface area contributed by atoms with Crippen molar-refractivity contribution in [2.45, 2.75) is 31.5 Å². The second-order valence-corrected chi connectivity index (χ2v) is 8.28. The van der Waals surface area contributed by atoms with E-state index in [0.29, 0.717) is 49.0 Å². The highest BCUT2D eigenvalue weighted by Crippen LogP contribution is 2.40. The number of benzene rings is 2. The molecule has 3 heterocycles. The zero-order valence-corrected chi connectivity index (χ0v) is 17.5. The first kappa shape index (κ1) is 20.0. The highest BCUT2D eigenvalue weighted by atomic mass is 16.6. The van der Waals surface area contributed by atoms with Gasteiger partial charge in [0.15, 0.2) is 11.5 Å². The van der Waals surface area contributed by atoms with Gasteiger partial charge in [-0.05, 0) is 49.2 Å². The molecule has 1 N–H and O–H groups in total. The standard InChI is InChI=1S/C24H28N2O5/c27-19-16-26(24(28)17-6-8-18(9-7-17)25-11-1-2-12-25)13-10-20(19)31-22-5-3-4-21-23(22)30-15-14-29-21/h3-9,19-20,27H,1-2,10-16H2/t19-,20-/m1/s1. The Balaban J connectivity index is 1.21. The number of carbonyl (C=O) groups excluding carboxylic acids is 1. The molecule has 0 unspecified atom stereocenters. The van der Waals surface area contributed by atoms with Crippen LogP contribution in [-0.2, 0) is 0 Å². The maximum Gasteiger partial charge on any atom is 0.253 e. The lowest BCUT2D eigenvalue weighted by Gasteiger charge is -2.36. The Morgan fingerprint density at radius 2 is 1.77 bits per heavy atom. The van der Waals surface area contributed by atoms with E-state index in [-0.39, 0.29) is 12.5 Å². The number of rotatable bonds is 4. The van der Waals surface area contributed by atoms with Crippen LogP contribution in [0.4, 0.5) is 5.69 Å². The van der Waals surface area contributed by atoms with Gasteiger partial charge in [0, 0.05) is 37.3 Å². The van der Waals surface area contributed by atoms with Crippen molar-refractivity contribution in [2.75, 3.05) is 44.3 Å². The average molecular weight is 424 g/mol. The van der Waals surface area contributed by atoms with Crippen molar-refractivity contribution in [1.82, 2.24) is 4.90 Å². The molecule has 0 saturated carbocycles. The molecule has 2 saturated heterocycles. The van der Waals surface area contributed by atoms with Crippen molar-refractivity contribution in [3.05, 3.63) is 48.0 Å². The molecule has 5 rings (SSSR count). The number of hydrogen-bond acceptors (Lipinski definition) is 6. The first-order valence-electron chi connectivity index (χ1n) is 11.1. The number of anilines is 1. The molecule has 7 nitrogen and oxygen atoms in total. The summed E-state index contributed by atoms with van der Waals surface area (Å²) in [6.45, 7) is 3.91. The lowest BCUT2D eigenvalue weighted by atomic mass is 10.0. The van der Waals surface area contributed by atoms with Gasteiger partial charge in [0.2, 0.25) is 5.75 Å². The van der Waals surface area contributed by atoms with Gasteiger partial charge in [-0.2, -0.15) is 0 Å². The van der Waals surface area contributed by atoms with Crippen molar-refractivity contribution in [1.29, 1.82) is 0 Å². The van der Waals surface area contributed by atoms with Gasteiger partial charge in [-0.1, -0.05) is 6.07 Å². The van der Waals surface area contributed by atoms with E-state index in [0.717, 1.165) is 13.1 Å². The summed E-state index contributed by atoms with van der Waals surface area (Å²) in [5.74, 6) is 1.75. The number of hydrogen-bond donors (Lipinski definition) is 1. The molecule has 0 bridgehead atoms. The Morgan fingerprint density at radius 1 is 1.00 bits per heavy atom. The van der Waals surface area contributed by atoms with Crippen molar-refractivity contribution in [3.63, 3.8) is 0 Å².